The largest absolute Gasteiger partial charge is 1.00 e. The smallest absolute Gasteiger partial charge is 0.550 e. The molecule has 0 unspecified atom stereocenters. The van der Waals surface area contributed by atoms with Crippen molar-refractivity contribution in [3.63, 3.8) is 0 Å². The van der Waals surface area contributed by atoms with Crippen molar-refractivity contribution in [1.29, 1.82) is 0 Å². The van der Waals surface area contributed by atoms with Crippen LogP contribution in [0.25, 0.3) is 0 Å². The van der Waals surface area contributed by atoms with Gasteiger partial charge in [0.1, 0.15) is 0 Å². The molecule has 0 radical (unpaired) electrons. The molecule has 1 aromatic heterocycles. The van der Waals surface area contributed by atoms with Crippen LogP contribution in [-0.4, -0.2) is 11.0 Å². The number of carbonyl (C=O) groups excluding carboxylic acids is 1. The van der Waals surface area contributed by atoms with E-state index in [0.29, 0.717) is 10.7 Å². The molecule has 0 aliphatic carbocycles. The van der Waals surface area contributed by atoms with Gasteiger partial charge in [-0.25, -0.2) is 0 Å². The minimum atomic E-state index is -1.18. The summed E-state index contributed by atoms with van der Waals surface area (Å²) >= 11 is 5.61. The topological polar surface area (TPSA) is 53.0 Å². The minimum absolute atomic E-state index is 0. The van der Waals surface area contributed by atoms with Crippen LogP contribution in [-0.2, 0) is 11.2 Å². The van der Waals surface area contributed by atoms with Crippen molar-refractivity contribution in [1.82, 2.24) is 4.98 Å². The molecule has 0 aromatic carbocycles. The Kier molecular flexibility index (Phi) is 5.50. The van der Waals surface area contributed by atoms with Gasteiger partial charge < -0.3 is 9.90 Å². The van der Waals surface area contributed by atoms with E-state index in [1.165, 1.54) is 6.20 Å². The van der Waals surface area contributed by atoms with Gasteiger partial charge in [0.05, 0.1) is 10.7 Å². The van der Waals surface area contributed by atoms with Gasteiger partial charge in [0.25, 0.3) is 0 Å². The molecule has 0 aliphatic rings. The first-order valence-corrected chi connectivity index (χ1v) is 3.37. The van der Waals surface area contributed by atoms with Crippen molar-refractivity contribution in [3.8, 4) is 0 Å². The van der Waals surface area contributed by atoms with Gasteiger partial charge in [-0.3, -0.25) is 4.98 Å². The van der Waals surface area contributed by atoms with Gasteiger partial charge >= 0.3 is 29.6 Å². The molecular weight excluding hydrogens is 189 g/mol. The van der Waals surface area contributed by atoms with Crippen molar-refractivity contribution in [2.75, 3.05) is 0 Å². The number of pyridine rings is 1. The molecule has 0 N–H and O–H groups in total. The summed E-state index contributed by atoms with van der Waals surface area (Å²) in [5.41, 5.74) is 0.342. The summed E-state index contributed by atoms with van der Waals surface area (Å²) in [5, 5.41) is 10.5. The Labute approximate surface area is 97.1 Å². The third-order valence-corrected chi connectivity index (χ3v) is 1.49. The third kappa shape index (κ3) is 3.54. The molecule has 12 heavy (non-hydrogen) atoms. The second kappa shape index (κ2) is 5.54. The van der Waals surface area contributed by atoms with Gasteiger partial charge in [-0.05, 0) is 12.1 Å². The summed E-state index contributed by atoms with van der Waals surface area (Å²) < 4.78 is 0. The van der Waals surface area contributed by atoms with Gasteiger partial charge in [0.15, 0.2) is 0 Å². The maximum Gasteiger partial charge on any atom is 1.00 e. The monoisotopic (exact) mass is 193 g/mol. The Morgan fingerprint density at radius 1 is 1.67 bits per heavy atom. The summed E-state index contributed by atoms with van der Waals surface area (Å²) in [6.07, 6.45) is 1.25. The zero-order chi connectivity index (χ0) is 8.27. The summed E-state index contributed by atoms with van der Waals surface area (Å²) in [5.74, 6) is -1.18. The molecule has 1 heterocycles. The van der Waals surface area contributed by atoms with Crippen molar-refractivity contribution in [3.05, 3.63) is 29.0 Å². The molecule has 5 heteroatoms. The van der Waals surface area contributed by atoms with Crippen LogP contribution in [0.15, 0.2) is 18.3 Å². The predicted molar refractivity (Wildman–Crippen MR) is 38.0 cm³/mol. The number of carbonyl (C=O) groups is 1. The van der Waals surface area contributed by atoms with E-state index in [-0.39, 0.29) is 36.0 Å². The predicted octanol–water partition coefficient (Wildman–Crippen LogP) is -2.97. The standard InChI is InChI=1S/C7H6ClNO2.Na/c8-5-2-1-3-9-6(5)4-7(10)11;/h1-3H,4H2,(H,10,11);/q;+1/p-1. The fourth-order valence-electron chi connectivity index (χ4n) is 0.685. The van der Waals surface area contributed by atoms with Gasteiger partial charge in [-0.1, -0.05) is 11.6 Å². The first-order valence-electron chi connectivity index (χ1n) is 2.99. The zero-order valence-corrected chi connectivity index (χ0v) is 9.34. The van der Waals surface area contributed by atoms with Crippen LogP contribution in [0.4, 0.5) is 0 Å². The first kappa shape index (κ1) is 11.9. The van der Waals surface area contributed by atoms with E-state index in [2.05, 4.69) is 4.98 Å². The Bertz CT molecular complexity index is 280. The summed E-state index contributed by atoms with van der Waals surface area (Å²) in [4.78, 5) is 13.9. The molecule has 58 valence electrons. The van der Waals surface area contributed by atoms with Crippen LogP contribution in [0.3, 0.4) is 0 Å². The first-order chi connectivity index (χ1) is 5.20. The molecule has 0 saturated heterocycles. The number of hydrogen-bond acceptors (Lipinski definition) is 3. The number of aliphatic carboxylic acids is 1. The number of nitrogens with zero attached hydrogens (tertiary/aromatic N) is 1. The molecule has 0 atom stereocenters. The summed E-state index contributed by atoms with van der Waals surface area (Å²) in [6.45, 7) is 0. The van der Waals surface area contributed by atoms with E-state index in [9.17, 15) is 9.90 Å². The number of hydrogen-bond donors (Lipinski definition) is 0. The molecule has 3 nitrogen and oxygen atoms in total. The van der Waals surface area contributed by atoms with Crippen molar-refractivity contribution in [2.45, 2.75) is 6.42 Å². The fourth-order valence-corrected chi connectivity index (χ4v) is 0.874. The summed E-state index contributed by atoms with van der Waals surface area (Å²) in [7, 11) is 0. The Balaban J connectivity index is 0.00000121. The van der Waals surface area contributed by atoms with Crippen molar-refractivity contribution in [2.24, 2.45) is 0 Å². The summed E-state index contributed by atoms with van der Waals surface area (Å²) in [6, 6.07) is 3.23. The van der Waals surface area contributed by atoms with Gasteiger partial charge in [-0.2, -0.15) is 0 Å². The van der Waals surface area contributed by atoms with E-state index in [1.807, 2.05) is 0 Å². The molecule has 1 aromatic rings. The number of halogens is 1. The van der Waals surface area contributed by atoms with Crippen LogP contribution in [0, 0.1) is 0 Å². The second-order valence-corrected chi connectivity index (χ2v) is 2.39. The SMILES string of the molecule is O=C([O-])Cc1ncccc1Cl.[Na+]. The van der Waals surface area contributed by atoms with Gasteiger partial charge in [0.2, 0.25) is 0 Å². The zero-order valence-electron chi connectivity index (χ0n) is 6.58. The normalized spacial score (nSPS) is 8.75. The van der Waals surface area contributed by atoms with Crippen LogP contribution in [0.1, 0.15) is 5.69 Å². The molecule has 0 saturated carbocycles. The maximum atomic E-state index is 10.1. The molecule has 1 rings (SSSR count). The van der Waals surface area contributed by atoms with Crippen molar-refractivity contribution < 1.29 is 39.5 Å². The molecule has 0 spiro atoms. The average molecular weight is 194 g/mol. The Hall–Kier alpha value is -0.0900. The van der Waals surface area contributed by atoms with Crippen molar-refractivity contribution >= 4 is 17.6 Å². The molecule has 0 bridgehead atoms. The molecule has 0 fully saturated rings. The second-order valence-electron chi connectivity index (χ2n) is 1.98. The average Bonchev–Trinajstić information content (AvgIpc) is 1.93. The van der Waals surface area contributed by atoms with E-state index in [4.69, 9.17) is 11.6 Å². The number of carboxylic acid groups (broad SMARTS) is 1. The van der Waals surface area contributed by atoms with E-state index >= 15 is 0 Å². The fraction of sp³-hybridized carbons (Fsp3) is 0.143. The van der Waals surface area contributed by atoms with Crippen LogP contribution < -0.4 is 34.7 Å². The number of rotatable bonds is 2. The van der Waals surface area contributed by atoms with E-state index in [1.54, 1.807) is 12.1 Å². The van der Waals surface area contributed by atoms with Gasteiger partial charge in [-0.15, -0.1) is 0 Å². The number of aromatic nitrogens is 1. The van der Waals surface area contributed by atoms with E-state index < -0.39 is 5.97 Å². The Morgan fingerprint density at radius 3 is 2.83 bits per heavy atom. The van der Waals surface area contributed by atoms with Crippen LogP contribution in [0.2, 0.25) is 5.02 Å². The molecule has 0 amide bonds. The number of carboxylic acids is 1. The Morgan fingerprint density at radius 2 is 2.33 bits per heavy atom. The molecular formula is C7H5ClNNaO2. The maximum absolute atomic E-state index is 10.1. The van der Waals surface area contributed by atoms with Crippen LogP contribution >= 0.6 is 11.6 Å². The third-order valence-electron chi connectivity index (χ3n) is 1.15. The van der Waals surface area contributed by atoms with Gasteiger partial charge in [0, 0.05) is 18.6 Å². The molecule has 0 aliphatic heterocycles. The minimum Gasteiger partial charge on any atom is -0.550 e. The van der Waals surface area contributed by atoms with E-state index in [0.717, 1.165) is 0 Å². The van der Waals surface area contributed by atoms with Crippen LogP contribution in [0.5, 0.6) is 0 Å². The quantitative estimate of drug-likeness (QED) is 0.472.